The van der Waals surface area contributed by atoms with Gasteiger partial charge in [-0.2, -0.15) is 0 Å². The normalized spacial score (nSPS) is 12.8. The van der Waals surface area contributed by atoms with Crippen LogP contribution in [0.1, 0.15) is 188 Å². The fourth-order valence-electron chi connectivity index (χ4n) is 11.1. The van der Waals surface area contributed by atoms with E-state index in [-0.39, 0.29) is 0 Å². The van der Waals surface area contributed by atoms with Gasteiger partial charge in [-0.25, -0.2) is 33.7 Å². The summed E-state index contributed by atoms with van der Waals surface area (Å²) in [6.07, 6.45) is 16.6. The Morgan fingerprint density at radius 2 is 0.425 bits per heavy atom. The third-order valence-electron chi connectivity index (χ3n) is 17.8. The zero-order chi connectivity index (χ0) is 61.8. The lowest BCUT2D eigenvalue weighted by Crippen LogP contribution is -2.48. The van der Waals surface area contributed by atoms with Crippen molar-refractivity contribution in [1.29, 1.82) is 0 Å². The second-order valence-electron chi connectivity index (χ2n) is 21.5. The molecule has 80 heavy (non-hydrogen) atoms. The minimum absolute atomic E-state index is 0.336. The van der Waals surface area contributed by atoms with Crippen LogP contribution in [0, 0.1) is 0 Å². The predicted octanol–water partition coefficient (Wildman–Crippen LogP) is 12.4. The van der Waals surface area contributed by atoms with Crippen LogP contribution in [0.4, 0.5) is 0 Å². The zero-order valence-electron chi connectivity index (χ0n) is 52.6. The Kier molecular flexibility index (Phi) is 35.1. The van der Waals surface area contributed by atoms with Gasteiger partial charge in [-0.15, -0.1) is 0 Å². The molecule has 466 valence electrons. The van der Waals surface area contributed by atoms with Gasteiger partial charge in [0.2, 0.25) is 0 Å². The smallest absolute Gasteiger partial charge is 0.125 e. The lowest BCUT2D eigenvalue weighted by molar-refractivity contribution is -0.923. The number of unbranched alkanes of at least 4 members (excludes halogenated alkanes) is 8. The first-order chi connectivity index (χ1) is 37.4. The molecule has 0 fully saturated rings. The van der Waals surface area contributed by atoms with Crippen LogP contribution in [0.3, 0.4) is 0 Å². The van der Waals surface area contributed by atoms with Crippen molar-refractivity contribution in [2.75, 3.05) is 105 Å². The first kappa shape index (κ1) is 77.4. The van der Waals surface area contributed by atoms with Gasteiger partial charge in [-0.1, -0.05) is 77.6 Å². The van der Waals surface area contributed by atoms with Gasteiger partial charge in [0.15, 0.2) is 0 Å². The van der Waals surface area contributed by atoms with E-state index >= 15 is 0 Å². The van der Waals surface area contributed by atoms with E-state index in [2.05, 4.69) is 111 Å². The molecule has 0 atom stereocenters. The van der Waals surface area contributed by atoms with Gasteiger partial charge in [-0.05, 0) is 157 Å². The standard InChI is InChI=1S/C16H10O12S4.4C11H26N/c17-29(18,19)11-5-13(31(23,24)25)9-3-4-10-14(32(26,27)28)6-12(30(20,21)22)8-2-1-7(11)15(9)16(8)10;4*1-5-9-10-11-12(6-2,7-3)8-4/h1-6H,(H,17,18,19)(H,20,21,22)(H,23,24,25)(H,26,27,28);4*5-11H2,1-4H3/q;4*+1/p-4. The van der Waals surface area contributed by atoms with Crippen LogP contribution in [-0.4, -0.2) is 175 Å². The molecule has 0 aliphatic rings. The van der Waals surface area contributed by atoms with E-state index in [0.717, 1.165) is 24.3 Å². The van der Waals surface area contributed by atoms with Crippen molar-refractivity contribution in [2.24, 2.45) is 0 Å². The number of hydrogen-bond donors (Lipinski definition) is 0. The van der Waals surface area contributed by atoms with E-state index in [1.807, 2.05) is 0 Å². The SMILES string of the molecule is CCCCC[N+](CC)(CC)CC.CCCCC[N+](CC)(CC)CC.CCCCC[N+](CC)(CC)CC.CCCCC[N+](CC)(CC)CC.O=S(=O)([O-])c1cc(S(=O)(=O)[O-])c2ccc3c(S(=O)(=O)[O-])cc(S(=O)(=O)[O-])c4ccc1c2c43. The van der Waals surface area contributed by atoms with Crippen molar-refractivity contribution in [3.63, 3.8) is 0 Å². The summed E-state index contributed by atoms with van der Waals surface area (Å²) in [5.41, 5.74) is 0. The van der Waals surface area contributed by atoms with Gasteiger partial charge < -0.3 is 36.1 Å². The quantitative estimate of drug-likeness (QED) is 0.0192. The molecule has 0 N–H and O–H groups in total. The molecule has 0 spiro atoms. The van der Waals surface area contributed by atoms with E-state index in [1.54, 1.807) is 0 Å². The van der Waals surface area contributed by atoms with Gasteiger partial charge in [0, 0.05) is 21.5 Å². The van der Waals surface area contributed by atoms with Crippen LogP contribution < -0.4 is 0 Å². The molecule has 0 saturated heterocycles. The highest BCUT2D eigenvalue weighted by molar-refractivity contribution is 7.87. The third kappa shape index (κ3) is 22.8. The molecule has 0 aliphatic heterocycles. The Labute approximate surface area is 488 Å². The number of rotatable bonds is 32. The zero-order valence-corrected chi connectivity index (χ0v) is 55.8. The monoisotopic (exact) mass is 1210 g/mol. The predicted molar refractivity (Wildman–Crippen MR) is 327 cm³/mol. The molecule has 4 aromatic carbocycles. The molecule has 0 radical (unpaired) electrons. The summed E-state index contributed by atoms with van der Waals surface area (Å²) >= 11 is 0. The molecular formula is C60H110N4O12S4. The van der Waals surface area contributed by atoms with Gasteiger partial charge in [-0.3, -0.25) is 0 Å². The van der Waals surface area contributed by atoms with Gasteiger partial charge in [0.05, 0.1) is 124 Å². The van der Waals surface area contributed by atoms with Crippen LogP contribution in [-0.2, 0) is 40.5 Å². The maximum atomic E-state index is 11.8. The molecule has 0 aliphatic carbocycles. The van der Waals surface area contributed by atoms with Crippen molar-refractivity contribution in [3.8, 4) is 0 Å². The summed E-state index contributed by atoms with van der Waals surface area (Å²) in [4.78, 5) is -4.63. The molecular weight excluding hydrogens is 1100 g/mol. The van der Waals surface area contributed by atoms with Crippen LogP contribution in [0.15, 0.2) is 56.0 Å². The fraction of sp³-hybridized carbons (Fsp3) is 0.733. The van der Waals surface area contributed by atoms with E-state index in [1.165, 1.54) is 200 Å². The largest absolute Gasteiger partial charge is 0.744 e. The first-order valence-electron chi connectivity index (χ1n) is 30.4. The highest BCUT2D eigenvalue weighted by Crippen LogP contribution is 2.44. The molecule has 0 unspecified atom stereocenters. The molecule has 16 nitrogen and oxygen atoms in total. The average molecular weight is 1210 g/mol. The number of benzene rings is 4. The summed E-state index contributed by atoms with van der Waals surface area (Å²) in [6.45, 7) is 58.1. The Morgan fingerprint density at radius 1 is 0.275 bits per heavy atom. The average Bonchev–Trinajstić information content (AvgIpc) is 3.42. The summed E-state index contributed by atoms with van der Waals surface area (Å²) in [5, 5.41) is -2.90. The van der Waals surface area contributed by atoms with Crippen molar-refractivity contribution >= 4 is 72.8 Å². The van der Waals surface area contributed by atoms with E-state index in [0.29, 0.717) is 12.1 Å². The van der Waals surface area contributed by atoms with Crippen LogP contribution in [0.5, 0.6) is 0 Å². The maximum absolute atomic E-state index is 11.8. The van der Waals surface area contributed by atoms with Crippen molar-refractivity contribution in [3.05, 3.63) is 36.4 Å². The third-order valence-corrected chi connectivity index (χ3v) is 21.3. The lowest BCUT2D eigenvalue weighted by Gasteiger charge is -2.35. The molecule has 4 aromatic rings. The Bertz CT molecular complexity index is 2430. The van der Waals surface area contributed by atoms with Crippen LogP contribution >= 0.6 is 0 Å². The fourth-order valence-corrected chi connectivity index (χ4v) is 14.0. The lowest BCUT2D eigenvalue weighted by atomic mass is 9.94. The molecule has 0 aromatic heterocycles. The van der Waals surface area contributed by atoms with Crippen molar-refractivity contribution < 1.29 is 69.8 Å². The Balaban J connectivity index is 0.00000109. The number of nitrogens with zero attached hydrogens (tertiary/aromatic N) is 4. The molecule has 4 rings (SSSR count). The second-order valence-corrected chi connectivity index (χ2v) is 26.9. The topological polar surface area (TPSA) is 229 Å². The second kappa shape index (κ2) is 36.3. The number of hydrogen-bond acceptors (Lipinski definition) is 12. The Morgan fingerprint density at radius 3 is 0.537 bits per heavy atom. The first-order valence-corrected chi connectivity index (χ1v) is 36.0. The van der Waals surface area contributed by atoms with Gasteiger partial charge in [0.25, 0.3) is 0 Å². The molecule has 0 amide bonds. The van der Waals surface area contributed by atoms with E-state index in [9.17, 15) is 51.9 Å². The van der Waals surface area contributed by atoms with Crippen molar-refractivity contribution in [1.82, 2.24) is 0 Å². The molecule has 0 saturated carbocycles. The minimum atomic E-state index is -5.40. The highest BCUT2D eigenvalue weighted by Gasteiger charge is 2.26. The summed E-state index contributed by atoms with van der Waals surface area (Å²) < 4.78 is 146. The Hall–Kier alpha value is -2.60. The van der Waals surface area contributed by atoms with Gasteiger partial charge >= 0.3 is 0 Å². The number of quaternary nitrogens is 4. The molecule has 0 bridgehead atoms. The summed E-state index contributed by atoms with van der Waals surface area (Å²) in [7, 11) is -21.6. The van der Waals surface area contributed by atoms with Crippen LogP contribution in [0.25, 0.3) is 32.3 Å². The molecule has 0 heterocycles. The summed E-state index contributed by atoms with van der Waals surface area (Å²) in [5.74, 6) is 0. The van der Waals surface area contributed by atoms with Crippen LogP contribution in [0.2, 0.25) is 0 Å². The maximum Gasteiger partial charge on any atom is 0.125 e. The highest BCUT2D eigenvalue weighted by atomic mass is 32.2. The van der Waals surface area contributed by atoms with E-state index < -0.39 is 92.4 Å². The van der Waals surface area contributed by atoms with Crippen molar-refractivity contribution in [2.45, 2.75) is 207 Å². The summed E-state index contributed by atoms with van der Waals surface area (Å²) in [6, 6.07) is 4.27. The van der Waals surface area contributed by atoms with E-state index in [4.69, 9.17) is 0 Å². The van der Waals surface area contributed by atoms with Gasteiger partial charge in [0.1, 0.15) is 40.5 Å². The molecule has 20 heteroatoms. The minimum Gasteiger partial charge on any atom is -0.744 e.